The van der Waals surface area contributed by atoms with Gasteiger partial charge in [0.05, 0.1) is 10.0 Å². The number of benzene rings is 1. The molecule has 0 aliphatic rings. The van der Waals surface area contributed by atoms with Crippen LogP contribution in [0.2, 0.25) is 15.1 Å². The highest BCUT2D eigenvalue weighted by Gasteiger charge is 2.16. The quantitative estimate of drug-likeness (QED) is 0.775. The third-order valence-corrected chi connectivity index (χ3v) is 4.05. The second-order valence-corrected chi connectivity index (χ2v) is 5.90. The van der Waals surface area contributed by atoms with Gasteiger partial charge in [-0.2, -0.15) is 0 Å². The Morgan fingerprint density at radius 1 is 1.29 bits per heavy atom. The van der Waals surface area contributed by atoms with E-state index in [-0.39, 0.29) is 27.2 Å². The number of phenolic OH excluding ortho intramolecular Hbond substituents is 1. The van der Waals surface area contributed by atoms with Gasteiger partial charge in [-0.15, -0.1) is 0 Å². The fourth-order valence-electron chi connectivity index (χ4n) is 1.70. The molecule has 2 N–H and O–H groups in total. The largest absolute Gasteiger partial charge is 0.507 e. The van der Waals surface area contributed by atoms with Gasteiger partial charge in [0.2, 0.25) is 0 Å². The molecular formula is C15H11Cl3N2O4. The second-order valence-electron chi connectivity index (χ2n) is 4.68. The fourth-order valence-corrected chi connectivity index (χ4v) is 2.25. The summed E-state index contributed by atoms with van der Waals surface area (Å²) in [5.74, 6) is -1.75. The predicted molar refractivity (Wildman–Crippen MR) is 91.0 cm³/mol. The number of hydrogen-bond donors (Lipinski definition) is 2. The Morgan fingerprint density at radius 2 is 2.00 bits per heavy atom. The molecule has 0 saturated carbocycles. The molecule has 0 atom stereocenters. The Balaban J connectivity index is 1.98. The number of ether oxygens (including phenoxy) is 1. The van der Waals surface area contributed by atoms with Crippen LogP contribution >= 0.6 is 34.8 Å². The number of anilines is 1. The number of nitrogens with zero attached hydrogens (tertiary/aromatic N) is 1. The van der Waals surface area contributed by atoms with Crippen molar-refractivity contribution in [1.29, 1.82) is 0 Å². The van der Waals surface area contributed by atoms with E-state index in [0.29, 0.717) is 10.6 Å². The molecule has 0 spiro atoms. The number of aromatic hydroxyl groups is 1. The fraction of sp³-hybridized carbons (Fsp3) is 0.133. The lowest BCUT2D eigenvalue weighted by Gasteiger charge is -2.10. The standard InChI is InChI=1S/C15H11Cl3N2O4/c1-7-10(17)5-19-14(13(7)18)20-12(22)6-24-15(23)9-3-2-8(16)4-11(9)21/h2-5,21H,6H2,1H3,(H,19,20,22). The molecule has 24 heavy (non-hydrogen) atoms. The summed E-state index contributed by atoms with van der Waals surface area (Å²) >= 11 is 17.6. The van der Waals surface area contributed by atoms with Crippen LogP contribution in [0.4, 0.5) is 5.82 Å². The summed E-state index contributed by atoms with van der Waals surface area (Å²) < 4.78 is 4.83. The smallest absolute Gasteiger partial charge is 0.342 e. The van der Waals surface area contributed by atoms with Gasteiger partial charge in [-0.25, -0.2) is 9.78 Å². The summed E-state index contributed by atoms with van der Waals surface area (Å²) in [6.07, 6.45) is 1.34. The number of phenols is 1. The van der Waals surface area contributed by atoms with Gasteiger partial charge in [-0.05, 0) is 30.7 Å². The molecule has 0 bridgehead atoms. The number of esters is 1. The SMILES string of the molecule is Cc1c(Cl)cnc(NC(=O)COC(=O)c2ccc(Cl)cc2O)c1Cl. The van der Waals surface area contributed by atoms with Gasteiger partial charge in [0.1, 0.15) is 11.3 Å². The van der Waals surface area contributed by atoms with Crippen LogP contribution in [0.1, 0.15) is 15.9 Å². The van der Waals surface area contributed by atoms with Crippen LogP contribution in [0.25, 0.3) is 0 Å². The number of carbonyl (C=O) groups excluding carboxylic acids is 2. The van der Waals surface area contributed by atoms with E-state index in [4.69, 9.17) is 39.5 Å². The van der Waals surface area contributed by atoms with Crippen molar-refractivity contribution in [2.75, 3.05) is 11.9 Å². The van der Waals surface area contributed by atoms with Crippen LogP contribution in [-0.4, -0.2) is 28.6 Å². The minimum absolute atomic E-state index is 0.106. The molecule has 0 aliphatic heterocycles. The zero-order valence-electron chi connectivity index (χ0n) is 12.3. The van der Waals surface area contributed by atoms with Crippen LogP contribution in [0.5, 0.6) is 5.75 Å². The highest BCUT2D eigenvalue weighted by molar-refractivity contribution is 6.37. The van der Waals surface area contributed by atoms with Crippen LogP contribution in [0.15, 0.2) is 24.4 Å². The molecule has 1 aromatic heterocycles. The lowest BCUT2D eigenvalue weighted by molar-refractivity contribution is -0.119. The lowest BCUT2D eigenvalue weighted by Crippen LogP contribution is -2.21. The molecule has 0 saturated heterocycles. The van der Waals surface area contributed by atoms with Crippen LogP contribution in [-0.2, 0) is 9.53 Å². The Morgan fingerprint density at radius 3 is 2.67 bits per heavy atom. The first kappa shape index (κ1) is 18.3. The normalized spacial score (nSPS) is 10.3. The van der Waals surface area contributed by atoms with E-state index in [2.05, 4.69) is 10.3 Å². The van der Waals surface area contributed by atoms with Crippen molar-refractivity contribution in [1.82, 2.24) is 4.98 Å². The molecule has 0 aliphatic carbocycles. The Labute approximate surface area is 152 Å². The number of nitrogens with one attached hydrogen (secondary N) is 1. The molecule has 0 unspecified atom stereocenters. The van der Waals surface area contributed by atoms with Crippen LogP contribution in [0, 0.1) is 6.92 Å². The average Bonchev–Trinajstić information content (AvgIpc) is 2.53. The number of hydrogen-bond acceptors (Lipinski definition) is 5. The van der Waals surface area contributed by atoms with Crippen molar-refractivity contribution in [3.05, 3.63) is 50.6 Å². The Hall–Kier alpha value is -2.02. The molecular weight excluding hydrogens is 379 g/mol. The maximum Gasteiger partial charge on any atom is 0.342 e. The van der Waals surface area contributed by atoms with Gasteiger partial charge >= 0.3 is 5.97 Å². The number of aromatic nitrogens is 1. The van der Waals surface area contributed by atoms with E-state index in [1.165, 1.54) is 24.4 Å². The first-order valence-electron chi connectivity index (χ1n) is 6.55. The number of halogens is 3. The van der Waals surface area contributed by atoms with Gasteiger partial charge in [-0.3, -0.25) is 4.79 Å². The summed E-state index contributed by atoms with van der Waals surface area (Å²) in [5.41, 5.74) is 0.456. The van der Waals surface area contributed by atoms with Gasteiger partial charge in [0.15, 0.2) is 12.4 Å². The number of carbonyl (C=O) groups is 2. The molecule has 1 heterocycles. The van der Waals surface area contributed by atoms with Gasteiger partial charge < -0.3 is 15.2 Å². The monoisotopic (exact) mass is 388 g/mol. The molecule has 9 heteroatoms. The molecule has 0 fully saturated rings. The highest BCUT2D eigenvalue weighted by atomic mass is 35.5. The molecule has 1 amide bonds. The van der Waals surface area contributed by atoms with Crippen LogP contribution < -0.4 is 5.32 Å². The molecule has 6 nitrogen and oxygen atoms in total. The van der Waals surface area contributed by atoms with Gasteiger partial charge in [0, 0.05) is 11.2 Å². The minimum atomic E-state index is -0.870. The van der Waals surface area contributed by atoms with Crippen molar-refractivity contribution in [2.24, 2.45) is 0 Å². The Bertz CT molecular complexity index is 812. The second kappa shape index (κ2) is 7.70. The zero-order chi connectivity index (χ0) is 17.9. The summed E-state index contributed by atoms with van der Waals surface area (Å²) in [6, 6.07) is 3.90. The summed E-state index contributed by atoms with van der Waals surface area (Å²) in [7, 11) is 0. The average molecular weight is 390 g/mol. The first-order valence-corrected chi connectivity index (χ1v) is 7.69. The van der Waals surface area contributed by atoms with E-state index in [1.54, 1.807) is 6.92 Å². The number of amides is 1. The molecule has 1 aromatic carbocycles. The van der Waals surface area contributed by atoms with Crippen molar-refractivity contribution < 1.29 is 19.4 Å². The lowest BCUT2D eigenvalue weighted by atomic mass is 10.2. The predicted octanol–water partition coefficient (Wildman–Crippen LogP) is 3.85. The topological polar surface area (TPSA) is 88.5 Å². The van der Waals surface area contributed by atoms with E-state index in [0.717, 1.165) is 0 Å². The molecule has 126 valence electrons. The van der Waals surface area contributed by atoms with E-state index < -0.39 is 18.5 Å². The third kappa shape index (κ3) is 4.29. The molecule has 0 radical (unpaired) electrons. The molecule has 2 rings (SSSR count). The Kier molecular flexibility index (Phi) is 5.88. The maximum atomic E-state index is 11.8. The van der Waals surface area contributed by atoms with Gasteiger partial charge in [-0.1, -0.05) is 34.8 Å². The van der Waals surface area contributed by atoms with E-state index in [1.807, 2.05) is 0 Å². The minimum Gasteiger partial charge on any atom is -0.507 e. The number of rotatable bonds is 4. The summed E-state index contributed by atoms with van der Waals surface area (Å²) in [6.45, 7) is 1.09. The van der Waals surface area contributed by atoms with E-state index >= 15 is 0 Å². The van der Waals surface area contributed by atoms with Crippen molar-refractivity contribution >= 4 is 52.5 Å². The maximum absolute atomic E-state index is 11.8. The van der Waals surface area contributed by atoms with E-state index in [9.17, 15) is 14.7 Å². The van der Waals surface area contributed by atoms with Crippen molar-refractivity contribution in [3.8, 4) is 5.75 Å². The van der Waals surface area contributed by atoms with Crippen molar-refractivity contribution in [2.45, 2.75) is 6.92 Å². The third-order valence-electron chi connectivity index (χ3n) is 2.97. The van der Waals surface area contributed by atoms with Crippen molar-refractivity contribution in [3.63, 3.8) is 0 Å². The molecule has 2 aromatic rings. The summed E-state index contributed by atoms with van der Waals surface area (Å²) in [4.78, 5) is 27.6. The van der Waals surface area contributed by atoms with Crippen LogP contribution in [0.3, 0.4) is 0 Å². The highest BCUT2D eigenvalue weighted by Crippen LogP contribution is 2.28. The van der Waals surface area contributed by atoms with Gasteiger partial charge in [0.25, 0.3) is 5.91 Å². The first-order chi connectivity index (χ1) is 11.3. The summed E-state index contributed by atoms with van der Waals surface area (Å²) in [5, 5.41) is 12.9. The number of pyridine rings is 1. The zero-order valence-corrected chi connectivity index (χ0v) is 14.5.